The largest absolute Gasteiger partial charge is 0.492 e. The van der Waals surface area contributed by atoms with E-state index in [2.05, 4.69) is 5.32 Å². The van der Waals surface area contributed by atoms with E-state index in [-0.39, 0.29) is 17.8 Å². The molecule has 1 atom stereocenters. The molecule has 0 saturated carbocycles. The highest BCUT2D eigenvalue weighted by atomic mass is 19.1. The van der Waals surface area contributed by atoms with Crippen LogP contribution >= 0.6 is 0 Å². The number of hydrogen-bond donors (Lipinski definition) is 1. The molecule has 4 nitrogen and oxygen atoms in total. The van der Waals surface area contributed by atoms with Gasteiger partial charge in [0.15, 0.2) is 0 Å². The number of benzene rings is 1. The van der Waals surface area contributed by atoms with Crippen molar-refractivity contribution < 1.29 is 18.7 Å². The Morgan fingerprint density at radius 1 is 1.44 bits per heavy atom. The molecule has 1 saturated heterocycles. The molecule has 1 aromatic carbocycles. The van der Waals surface area contributed by atoms with Crippen molar-refractivity contribution in [2.75, 3.05) is 19.8 Å². The molecule has 1 N–H and O–H groups in total. The second-order valence-electron chi connectivity index (χ2n) is 4.10. The van der Waals surface area contributed by atoms with Gasteiger partial charge >= 0.3 is 0 Å². The van der Waals surface area contributed by atoms with Crippen molar-refractivity contribution in [1.82, 2.24) is 5.32 Å². The normalized spacial score (nSPS) is 18.6. The minimum Gasteiger partial charge on any atom is -0.492 e. The second-order valence-corrected chi connectivity index (χ2v) is 4.10. The molecule has 0 radical (unpaired) electrons. The third-order valence-electron chi connectivity index (χ3n) is 2.71. The number of hydrogen-bond acceptors (Lipinski definition) is 3. The molecule has 1 fully saturated rings. The van der Waals surface area contributed by atoms with Crippen molar-refractivity contribution in [3.8, 4) is 5.75 Å². The van der Waals surface area contributed by atoms with Crippen LogP contribution in [0, 0.1) is 5.82 Å². The highest BCUT2D eigenvalue weighted by molar-refractivity contribution is 5.80. The molecule has 18 heavy (non-hydrogen) atoms. The lowest BCUT2D eigenvalue weighted by Gasteiger charge is -2.11. The Balaban J connectivity index is 1.63. The lowest BCUT2D eigenvalue weighted by atomic mass is 10.2. The summed E-state index contributed by atoms with van der Waals surface area (Å²) in [5.41, 5.74) is 0. The smallest absolute Gasteiger partial charge is 0.249 e. The molecule has 1 heterocycles. The summed E-state index contributed by atoms with van der Waals surface area (Å²) < 4.78 is 23.2. The average molecular weight is 253 g/mol. The molecule has 1 aliphatic rings. The van der Waals surface area contributed by atoms with E-state index >= 15 is 0 Å². The van der Waals surface area contributed by atoms with E-state index in [1.54, 1.807) is 12.1 Å². The van der Waals surface area contributed by atoms with Crippen LogP contribution in [0.2, 0.25) is 0 Å². The zero-order chi connectivity index (χ0) is 12.8. The standard InChI is InChI=1S/C13H16FNO3/c14-10-3-5-11(6-4-10)17-9-7-15-13(16)12-2-1-8-18-12/h3-6,12H,1-2,7-9H2,(H,15,16). The summed E-state index contributed by atoms with van der Waals surface area (Å²) in [7, 11) is 0. The zero-order valence-electron chi connectivity index (χ0n) is 10.0. The van der Waals surface area contributed by atoms with Gasteiger partial charge in [0.1, 0.15) is 24.3 Å². The lowest BCUT2D eigenvalue weighted by molar-refractivity contribution is -0.130. The van der Waals surface area contributed by atoms with Crippen molar-refractivity contribution in [3.05, 3.63) is 30.1 Å². The van der Waals surface area contributed by atoms with Gasteiger partial charge in [-0.25, -0.2) is 4.39 Å². The van der Waals surface area contributed by atoms with Gasteiger partial charge in [-0.3, -0.25) is 4.79 Å². The van der Waals surface area contributed by atoms with Gasteiger partial charge in [0.2, 0.25) is 5.91 Å². The van der Waals surface area contributed by atoms with E-state index < -0.39 is 0 Å². The highest BCUT2D eigenvalue weighted by Gasteiger charge is 2.22. The lowest BCUT2D eigenvalue weighted by Crippen LogP contribution is -2.36. The van der Waals surface area contributed by atoms with Crippen molar-refractivity contribution in [2.24, 2.45) is 0 Å². The third-order valence-corrected chi connectivity index (χ3v) is 2.71. The fourth-order valence-electron chi connectivity index (χ4n) is 1.77. The van der Waals surface area contributed by atoms with Crippen LogP contribution in [0.3, 0.4) is 0 Å². The molecule has 1 aromatic rings. The predicted octanol–water partition coefficient (Wildman–Crippen LogP) is 1.50. The van der Waals surface area contributed by atoms with E-state index in [1.165, 1.54) is 12.1 Å². The molecule has 1 unspecified atom stereocenters. The van der Waals surface area contributed by atoms with E-state index in [9.17, 15) is 9.18 Å². The van der Waals surface area contributed by atoms with Crippen LogP contribution in [0.5, 0.6) is 5.75 Å². The summed E-state index contributed by atoms with van der Waals surface area (Å²) in [6.45, 7) is 1.42. The first kappa shape index (κ1) is 12.8. The SMILES string of the molecule is O=C(NCCOc1ccc(F)cc1)C1CCCO1. The maximum atomic E-state index is 12.6. The fraction of sp³-hybridized carbons (Fsp3) is 0.462. The van der Waals surface area contributed by atoms with Crippen LogP contribution in [0.4, 0.5) is 4.39 Å². The Kier molecular flexibility index (Phi) is 4.52. The van der Waals surface area contributed by atoms with Crippen molar-refractivity contribution in [2.45, 2.75) is 18.9 Å². The molecule has 1 aliphatic heterocycles. The quantitative estimate of drug-likeness (QED) is 0.809. The summed E-state index contributed by atoms with van der Waals surface area (Å²) in [5, 5.41) is 2.74. The van der Waals surface area contributed by atoms with Crippen molar-refractivity contribution in [1.29, 1.82) is 0 Å². The number of carbonyl (C=O) groups is 1. The van der Waals surface area contributed by atoms with Crippen molar-refractivity contribution >= 4 is 5.91 Å². The Morgan fingerprint density at radius 3 is 2.89 bits per heavy atom. The van der Waals surface area contributed by atoms with Crippen molar-refractivity contribution in [3.63, 3.8) is 0 Å². The van der Waals surface area contributed by atoms with Gasteiger partial charge in [-0.2, -0.15) is 0 Å². The molecule has 2 rings (SSSR count). The van der Waals surface area contributed by atoms with Gasteiger partial charge in [0.25, 0.3) is 0 Å². The summed E-state index contributed by atoms with van der Waals surface area (Å²) in [5.74, 6) is 0.201. The molecular formula is C13H16FNO3. The minimum atomic E-state index is -0.309. The third kappa shape index (κ3) is 3.70. The number of rotatable bonds is 5. The number of ether oxygens (including phenoxy) is 2. The van der Waals surface area contributed by atoms with Gasteiger partial charge in [-0.1, -0.05) is 0 Å². The second kappa shape index (κ2) is 6.35. The van der Waals surface area contributed by atoms with Crippen LogP contribution in [0.25, 0.3) is 0 Å². The van der Waals surface area contributed by atoms with Crippen LogP contribution < -0.4 is 10.1 Å². The molecule has 5 heteroatoms. The summed E-state index contributed by atoms with van der Waals surface area (Å²) in [4.78, 5) is 11.6. The summed E-state index contributed by atoms with van der Waals surface area (Å²) in [6, 6.07) is 5.77. The van der Waals surface area contributed by atoms with E-state index in [4.69, 9.17) is 9.47 Å². The summed E-state index contributed by atoms with van der Waals surface area (Å²) >= 11 is 0. The number of halogens is 1. The topological polar surface area (TPSA) is 47.6 Å². The van der Waals surface area contributed by atoms with Gasteiger partial charge in [-0.05, 0) is 37.1 Å². The Labute approximate surface area is 105 Å². The average Bonchev–Trinajstić information content (AvgIpc) is 2.90. The first-order chi connectivity index (χ1) is 8.75. The minimum absolute atomic E-state index is 0.0878. The Bertz CT molecular complexity index is 388. The van der Waals surface area contributed by atoms with Crippen LogP contribution in [0.15, 0.2) is 24.3 Å². The number of amides is 1. The van der Waals surface area contributed by atoms with E-state index in [0.717, 1.165) is 12.8 Å². The van der Waals surface area contributed by atoms with Gasteiger partial charge in [0, 0.05) is 6.61 Å². The van der Waals surface area contributed by atoms with Gasteiger partial charge in [-0.15, -0.1) is 0 Å². The molecule has 0 aliphatic carbocycles. The van der Waals surface area contributed by atoms with Crippen LogP contribution in [-0.4, -0.2) is 31.8 Å². The predicted molar refractivity (Wildman–Crippen MR) is 63.9 cm³/mol. The van der Waals surface area contributed by atoms with E-state index in [1.807, 2.05) is 0 Å². The molecule has 0 bridgehead atoms. The molecule has 1 amide bonds. The number of carbonyl (C=O) groups excluding carboxylic acids is 1. The maximum Gasteiger partial charge on any atom is 0.249 e. The molecular weight excluding hydrogens is 237 g/mol. The first-order valence-electron chi connectivity index (χ1n) is 6.03. The number of nitrogens with one attached hydrogen (secondary N) is 1. The summed E-state index contributed by atoms with van der Waals surface area (Å²) in [6.07, 6.45) is 1.41. The van der Waals surface area contributed by atoms with Gasteiger partial charge in [0.05, 0.1) is 6.54 Å². The maximum absolute atomic E-state index is 12.6. The highest BCUT2D eigenvalue weighted by Crippen LogP contribution is 2.12. The van der Waals surface area contributed by atoms with Crippen LogP contribution in [0.1, 0.15) is 12.8 Å². The Morgan fingerprint density at radius 2 is 2.22 bits per heavy atom. The monoisotopic (exact) mass is 253 g/mol. The fourth-order valence-corrected chi connectivity index (χ4v) is 1.77. The molecule has 98 valence electrons. The first-order valence-corrected chi connectivity index (χ1v) is 6.03. The van der Waals surface area contributed by atoms with Gasteiger partial charge < -0.3 is 14.8 Å². The van der Waals surface area contributed by atoms with Crippen LogP contribution in [-0.2, 0) is 9.53 Å². The Hall–Kier alpha value is -1.62. The van der Waals surface area contributed by atoms with E-state index in [0.29, 0.717) is 25.5 Å². The zero-order valence-corrected chi connectivity index (χ0v) is 10.0. The molecule has 0 aromatic heterocycles. The molecule has 0 spiro atoms.